The molecule has 0 bridgehead atoms. The summed E-state index contributed by atoms with van der Waals surface area (Å²) in [4.78, 5) is 21.3. The molecule has 0 aliphatic carbocycles. The Hall–Kier alpha value is -4.53. The van der Waals surface area contributed by atoms with E-state index in [0.717, 1.165) is 11.6 Å². The molecule has 0 spiro atoms. The smallest absolute Gasteiger partial charge is 0.287 e. The molecule has 0 aliphatic rings. The number of nitrogens with one attached hydrogen (secondary N) is 1. The standard InChI is InChI=1S/C28H20F4N4O/c1-16-8-10-18(11-9-16)35-27(37)21-13-17(14-33-25(21)28(2,31)32)19-6-4-12-36-23(19)15-34-26(36)20-5-3-7-22(29)24(20)30/h3-15H,1-2H3,(H,35,37). The Labute approximate surface area is 209 Å². The predicted octanol–water partition coefficient (Wildman–Crippen LogP) is 7.01. The van der Waals surface area contributed by atoms with Crippen LogP contribution in [0.3, 0.4) is 0 Å². The summed E-state index contributed by atoms with van der Waals surface area (Å²) in [6.45, 7) is 2.56. The summed E-state index contributed by atoms with van der Waals surface area (Å²) in [5.41, 5.74) is 1.82. The second kappa shape index (κ2) is 9.16. The van der Waals surface area contributed by atoms with Crippen LogP contribution in [-0.4, -0.2) is 20.3 Å². The number of fused-ring (bicyclic) bond motifs is 1. The lowest BCUT2D eigenvalue weighted by atomic mass is 10.0. The number of nitrogens with zero attached hydrogens (tertiary/aromatic N) is 3. The summed E-state index contributed by atoms with van der Waals surface area (Å²) in [6.07, 6.45) is 4.34. The molecule has 0 saturated heterocycles. The Balaban J connectivity index is 1.61. The zero-order chi connectivity index (χ0) is 26.3. The van der Waals surface area contributed by atoms with Crippen molar-refractivity contribution in [3.63, 3.8) is 0 Å². The van der Waals surface area contributed by atoms with E-state index in [1.807, 2.05) is 6.92 Å². The van der Waals surface area contributed by atoms with Crippen molar-refractivity contribution in [2.45, 2.75) is 19.8 Å². The van der Waals surface area contributed by atoms with E-state index in [0.29, 0.717) is 29.3 Å². The Bertz CT molecular complexity index is 1640. The van der Waals surface area contributed by atoms with E-state index >= 15 is 0 Å². The highest BCUT2D eigenvalue weighted by molar-refractivity contribution is 6.06. The van der Waals surface area contributed by atoms with Crippen LogP contribution in [0.4, 0.5) is 23.2 Å². The largest absolute Gasteiger partial charge is 0.322 e. The van der Waals surface area contributed by atoms with Crippen LogP contribution in [0.15, 0.2) is 79.3 Å². The third kappa shape index (κ3) is 4.55. The first kappa shape index (κ1) is 24.2. The minimum absolute atomic E-state index is 0.0330. The van der Waals surface area contributed by atoms with Gasteiger partial charge in [-0.1, -0.05) is 29.8 Å². The molecule has 9 heteroatoms. The maximum atomic E-state index is 14.5. The van der Waals surface area contributed by atoms with Gasteiger partial charge in [0.1, 0.15) is 11.5 Å². The highest BCUT2D eigenvalue weighted by Gasteiger charge is 2.32. The molecule has 3 heterocycles. The van der Waals surface area contributed by atoms with Gasteiger partial charge in [-0.3, -0.25) is 14.2 Å². The number of imidazole rings is 1. The average Bonchev–Trinajstić information content (AvgIpc) is 3.30. The summed E-state index contributed by atoms with van der Waals surface area (Å²) >= 11 is 0. The van der Waals surface area contributed by atoms with E-state index < -0.39 is 29.2 Å². The molecule has 5 aromatic rings. The first-order valence-corrected chi connectivity index (χ1v) is 11.3. The van der Waals surface area contributed by atoms with Crippen LogP contribution in [0.2, 0.25) is 0 Å². The topological polar surface area (TPSA) is 59.3 Å². The molecule has 0 aliphatic heterocycles. The molecule has 2 aromatic carbocycles. The number of hydrogen-bond acceptors (Lipinski definition) is 3. The minimum atomic E-state index is -3.37. The lowest BCUT2D eigenvalue weighted by Crippen LogP contribution is -2.21. The van der Waals surface area contributed by atoms with Crippen LogP contribution in [0, 0.1) is 18.6 Å². The van der Waals surface area contributed by atoms with Gasteiger partial charge in [-0.05, 0) is 43.3 Å². The van der Waals surface area contributed by atoms with Crippen LogP contribution in [0.5, 0.6) is 0 Å². The van der Waals surface area contributed by atoms with Gasteiger partial charge in [-0.15, -0.1) is 0 Å². The summed E-state index contributed by atoms with van der Waals surface area (Å²) in [5, 5.41) is 2.64. The Kier molecular flexibility index (Phi) is 5.99. The Morgan fingerprint density at radius 1 is 0.946 bits per heavy atom. The van der Waals surface area contributed by atoms with Gasteiger partial charge < -0.3 is 5.32 Å². The van der Waals surface area contributed by atoms with Crippen molar-refractivity contribution < 1.29 is 22.4 Å². The van der Waals surface area contributed by atoms with E-state index in [1.165, 1.54) is 30.6 Å². The fraction of sp³-hybridized carbons (Fsp3) is 0.107. The van der Waals surface area contributed by atoms with Gasteiger partial charge in [0.25, 0.3) is 11.8 Å². The first-order chi connectivity index (χ1) is 17.6. The molecular formula is C28H20F4N4O. The number of alkyl halides is 2. The van der Waals surface area contributed by atoms with Crippen molar-refractivity contribution in [2.24, 2.45) is 0 Å². The number of benzene rings is 2. The molecule has 3 aromatic heterocycles. The summed E-state index contributed by atoms with van der Waals surface area (Å²) in [7, 11) is 0. The third-order valence-electron chi connectivity index (χ3n) is 5.93. The number of anilines is 1. The van der Waals surface area contributed by atoms with Gasteiger partial charge in [0.2, 0.25) is 0 Å². The third-order valence-corrected chi connectivity index (χ3v) is 5.93. The van der Waals surface area contributed by atoms with Crippen LogP contribution in [0.25, 0.3) is 28.0 Å². The molecule has 0 unspecified atom stereocenters. The number of aromatic nitrogens is 3. The molecular weight excluding hydrogens is 484 g/mol. The van der Waals surface area contributed by atoms with E-state index in [-0.39, 0.29) is 17.0 Å². The fourth-order valence-electron chi connectivity index (χ4n) is 4.11. The molecule has 0 fully saturated rings. The minimum Gasteiger partial charge on any atom is -0.322 e. The quantitative estimate of drug-likeness (QED) is 0.262. The molecule has 5 nitrogen and oxygen atoms in total. The van der Waals surface area contributed by atoms with E-state index in [4.69, 9.17) is 0 Å². The molecule has 1 amide bonds. The van der Waals surface area contributed by atoms with Crippen molar-refractivity contribution in [3.8, 4) is 22.5 Å². The van der Waals surface area contributed by atoms with Gasteiger partial charge in [-0.2, -0.15) is 8.78 Å². The van der Waals surface area contributed by atoms with Gasteiger partial charge in [0.05, 0.1) is 22.8 Å². The van der Waals surface area contributed by atoms with Gasteiger partial charge in [-0.25, -0.2) is 13.8 Å². The maximum absolute atomic E-state index is 14.5. The number of rotatable bonds is 5. The monoisotopic (exact) mass is 504 g/mol. The van der Waals surface area contributed by atoms with Gasteiger partial charge in [0, 0.05) is 36.1 Å². The molecule has 0 saturated carbocycles. The highest BCUT2D eigenvalue weighted by Crippen LogP contribution is 2.34. The normalized spacial score (nSPS) is 11.6. The zero-order valence-corrected chi connectivity index (χ0v) is 19.8. The highest BCUT2D eigenvalue weighted by atomic mass is 19.3. The summed E-state index contributed by atoms with van der Waals surface area (Å²) in [5.74, 6) is -5.99. The van der Waals surface area contributed by atoms with Crippen molar-refractivity contribution in [2.75, 3.05) is 5.32 Å². The maximum Gasteiger partial charge on any atom is 0.287 e. The van der Waals surface area contributed by atoms with E-state index in [1.54, 1.807) is 47.0 Å². The SMILES string of the molecule is Cc1ccc(NC(=O)c2cc(-c3cccn4c(-c5cccc(F)c5F)ncc34)cnc2C(C)(F)F)cc1. The summed E-state index contributed by atoms with van der Waals surface area (Å²) in [6, 6.07) is 15.4. The average molecular weight is 504 g/mol. The van der Waals surface area contributed by atoms with Crippen molar-refractivity contribution in [1.29, 1.82) is 0 Å². The number of amides is 1. The number of aryl methyl sites for hydroxylation is 1. The van der Waals surface area contributed by atoms with E-state index in [2.05, 4.69) is 15.3 Å². The lowest BCUT2D eigenvalue weighted by molar-refractivity contribution is 0.0118. The lowest BCUT2D eigenvalue weighted by Gasteiger charge is -2.16. The molecule has 37 heavy (non-hydrogen) atoms. The van der Waals surface area contributed by atoms with Crippen LogP contribution in [-0.2, 0) is 5.92 Å². The van der Waals surface area contributed by atoms with Crippen molar-refractivity contribution in [1.82, 2.24) is 14.4 Å². The fourth-order valence-corrected chi connectivity index (χ4v) is 4.11. The van der Waals surface area contributed by atoms with Crippen molar-refractivity contribution >= 4 is 17.1 Å². The molecule has 186 valence electrons. The van der Waals surface area contributed by atoms with Crippen molar-refractivity contribution in [3.05, 3.63) is 108 Å². The Morgan fingerprint density at radius 2 is 1.68 bits per heavy atom. The predicted molar refractivity (Wildman–Crippen MR) is 132 cm³/mol. The Morgan fingerprint density at radius 3 is 2.41 bits per heavy atom. The molecule has 1 N–H and O–H groups in total. The number of carbonyl (C=O) groups is 1. The second-order valence-corrected chi connectivity index (χ2v) is 8.69. The van der Waals surface area contributed by atoms with Crippen LogP contribution >= 0.6 is 0 Å². The zero-order valence-electron chi connectivity index (χ0n) is 19.8. The first-order valence-electron chi connectivity index (χ1n) is 11.3. The van der Waals surface area contributed by atoms with E-state index in [9.17, 15) is 22.4 Å². The number of hydrogen-bond donors (Lipinski definition) is 1. The van der Waals surface area contributed by atoms with Gasteiger partial charge in [0.15, 0.2) is 11.6 Å². The number of halogens is 4. The number of carbonyl (C=O) groups excluding carboxylic acids is 1. The molecule has 0 atom stereocenters. The molecule has 5 rings (SSSR count). The summed E-state index contributed by atoms with van der Waals surface area (Å²) < 4.78 is 58.6. The number of pyridine rings is 2. The van der Waals surface area contributed by atoms with Crippen LogP contribution < -0.4 is 5.32 Å². The van der Waals surface area contributed by atoms with Crippen LogP contribution in [0.1, 0.15) is 28.5 Å². The van der Waals surface area contributed by atoms with Gasteiger partial charge >= 0.3 is 0 Å². The molecule has 0 radical (unpaired) electrons. The second-order valence-electron chi connectivity index (χ2n) is 8.69.